The maximum atomic E-state index is 12.8. The Morgan fingerprint density at radius 1 is 1.35 bits per heavy atom. The molecule has 0 amide bonds. The van der Waals surface area contributed by atoms with Crippen molar-refractivity contribution in [2.75, 3.05) is 0 Å². The molecule has 0 heterocycles. The highest BCUT2D eigenvalue weighted by Crippen LogP contribution is 2.20. The van der Waals surface area contributed by atoms with E-state index in [-0.39, 0.29) is 11.4 Å². The van der Waals surface area contributed by atoms with Gasteiger partial charge in [-0.2, -0.15) is 5.48 Å². The molecule has 0 saturated carbocycles. The summed E-state index contributed by atoms with van der Waals surface area (Å²) in [6.07, 6.45) is 5.07. The lowest BCUT2D eigenvalue weighted by molar-refractivity contribution is -0.0741. The van der Waals surface area contributed by atoms with Crippen LogP contribution in [0.5, 0.6) is 0 Å². The van der Waals surface area contributed by atoms with Crippen LogP contribution in [0.15, 0.2) is 36.9 Å². The molecule has 1 unspecified atom stereocenters. The lowest BCUT2D eigenvalue weighted by Gasteiger charge is -2.26. The van der Waals surface area contributed by atoms with E-state index in [9.17, 15) is 4.39 Å². The van der Waals surface area contributed by atoms with E-state index in [1.54, 1.807) is 12.1 Å². The summed E-state index contributed by atoms with van der Waals surface area (Å²) in [5, 5.41) is 0. The molecule has 1 N–H and O–H groups in total. The number of hydrogen-bond donors (Lipinski definition) is 1. The highest BCUT2D eigenvalue weighted by Gasteiger charge is 2.21. The molecule has 0 aliphatic heterocycles. The Morgan fingerprint density at radius 3 is 2.55 bits per heavy atom. The molecular weight excluding hydrogens is 253 g/mol. The van der Waals surface area contributed by atoms with Crippen LogP contribution in [0.1, 0.15) is 45.6 Å². The van der Waals surface area contributed by atoms with E-state index in [1.807, 2.05) is 13.0 Å². The molecule has 1 rings (SSSR count). The quantitative estimate of drug-likeness (QED) is 0.526. The predicted molar refractivity (Wildman–Crippen MR) is 81.6 cm³/mol. The SMILES string of the molecule is C=CC(C)(CCCC(C)C)ONCc1ccc(F)cc1. The van der Waals surface area contributed by atoms with E-state index >= 15 is 0 Å². The van der Waals surface area contributed by atoms with Gasteiger partial charge in [0.05, 0.1) is 0 Å². The molecule has 0 fully saturated rings. The molecule has 0 saturated heterocycles. The van der Waals surface area contributed by atoms with Crippen LogP contribution in [0.25, 0.3) is 0 Å². The summed E-state index contributed by atoms with van der Waals surface area (Å²) in [5.74, 6) is 0.482. The molecule has 0 aliphatic rings. The number of rotatable bonds is 9. The Kier molecular flexibility index (Phi) is 6.89. The Balaban J connectivity index is 2.36. The van der Waals surface area contributed by atoms with Gasteiger partial charge in [-0.05, 0) is 43.4 Å². The maximum absolute atomic E-state index is 12.8. The van der Waals surface area contributed by atoms with E-state index in [1.165, 1.54) is 18.6 Å². The molecule has 1 aromatic carbocycles. The second kappa shape index (κ2) is 8.18. The molecule has 3 heteroatoms. The van der Waals surface area contributed by atoms with Gasteiger partial charge >= 0.3 is 0 Å². The van der Waals surface area contributed by atoms with Crippen LogP contribution in [0.4, 0.5) is 4.39 Å². The van der Waals surface area contributed by atoms with Crippen molar-refractivity contribution in [3.8, 4) is 0 Å². The smallest absolute Gasteiger partial charge is 0.123 e. The first-order chi connectivity index (χ1) is 9.45. The van der Waals surface area contributed by atoms with E-state index in [4.69, 9.17) is 4.84 Å². The van der Waals surface area contributed by atoms with Gasteiger partial charge in [0, 0.05) is 6.54 Å². The Morgan fingerprint density at radius 2 is 2.00 bits per heavy atom. The van der Waals surface area contributed by atoms with Gasteiger partial charge in [-0.3, -0.25) is 4.84 Å². The molecule has 0 aliphatic carbocycles. The van der Waals surface area contributed by atoms with E-state index < -0.39 is 0 Å². The third-order valence-electron chi connectivity index (χ3n) is 3.38. The molecule has 2 nitrogen and oxygen atoms in total. The first-order valence-electron chi connectivity index (χ1n) is 7.24. The maximum Gasteiger partial charge on any atom is 0.123 e. The van der Waals surface area contributed by atoms with Crippen molar-refractivity contribution in [3.63, 3.8) is 0 Å². The minimum atomic E-state index is -0.366. The molecule has 0 bridgehead atoms. The zero-order chi connectivity index (χ0) is 15.0. The van der Waals surface area contributed by atoms with Gasteiger partial charge in [0.25, 0.3) is 0 Å². The molecule has 1 aromatic rings. The summed E-state index contributed by atoms with van der Waals surface area (Å²) >= 11 is 0. The monoisotopic (exact) mass is 279 g/mol. The van der Waals surface area contributed by atoms with Gasteiger partial charge in [0.2, 0.25) is 0 Å². The first kappa shape index (κ1) is 16.9. The minimum absolute atomic E-state index is 0.223. The van der Waals surface area contributed by atoms with Crippen LogP contribution < -0.4 is 5.48 Å². The summed E-state index contributed by atoms with van der Waals surface area (Å²) in [6, 6.07) is 6.39. The van der Waals surface area contributed by atoms with Crippen LogP contribution in [0.3, 0.4) is 0 Å². The molecule has 0 spiro atoms. The predicted octanol–water partition coefficient (Wildman–Crippen LogP) is 4.62. The molecule has 0 aromatic heterocycles. The van der Waals surface area contributed by atoms with Crippen LogP contribution in [-0.2, 0) is 11.4 Å². The second-order valence-corrected chi connectivity index (χ2v) is 5.85. The minimum Gasteiger partial charge on any atom is -0.291 e. The van der Waals surface area contributed by atoms with E-state index in [2.05, 4.69) is 25.9 Å². The van der Waals surface area contributed by atoms with Crippen molar-refractivity contribution in [1.29, 1.82) is 0 Å². The Labute approximate surface area is 122 Å². The highest BCUT2D eigenvalue weighted by atomic mass is 19.1. The van der Waals surface area contributed by atoms with Crippen molar-refractivity contribution in [3.05, 3.63) is 48.3 Å². The van der Waals surface area contributed by atoms with E-state index in [0.29, 0.717) is 12.5 Å². The number of benzene rings is 1. The fraction of sp³-hybridized carbons (Fsp3) is 0.529. The molecule has 20 heavy (non-hydrogen) atoms. The largest absolute Gasteiger partial charge is 0.291 e. The van der Waals surface area contributed by atoms with Crippen molar-refractivity contribution in [2.45, 2.75) is 52.2 Å². The standard InChI is InChI=1S/C17H26FNO/c1-5-17(4,12-6-7-14(2)3)20-19-13-15-8-10-16(18)11-9-15/h5,8-11,14,19H,1,6-7,12-13H2,2-4H3. The number of hydroxylamine groups is 1. The van der Waals surface area contributed by atoms with Crippen LogP contribution in [0.2, 0.25) is 0 Å². The van der Waals surface area contributed by atoms with Crippen molar-refractivity contribution in [1.82, 2.24) is 5.48 Å². The molecule has 112 valence electrons. The number of hydrogen-bond acceptors (Lipinski definition) is 2. The van der Waals surface area contributed by atoms with Crippen molar-refractivity contribution in [2.24, 2.45) is 5.92 Å². The number of nitrogens with one attached hydrogen (secondary N) is 1. The third-order valence-corrected chi connectivity index (χ3v) is 3.38. The fourth-order valence-corrected chi connectivity index (χ4v) is 1.94. The summed E-state index contributed by atoms with van der Waals surface area (Å²) in [6.45, 7) is 10.9. The van der Waals surface area contributed by atoms with E-state index in [0.717, 1.165) is 18.4 Å². The molecule has 1 atom stereocenters. The van der Waals surface area contributed by atoms with Gasteiger partial charge in [-0.15, -0.1) is 6.58 Å². The highest BCUT2D eigenvalue weighted by molar-refractivity contribution is 5.15. The lowest BCUT2D eigenvalue weighted by Crippen LogP contribution is -2.33. The molecule has 0 radical (unpaired) electrons. The van der Waals surface area contributed by atoms with Gasteiger partial charge < -0.3 is 0 Å². The second-order valence-electron chi connectivity index (χ2n) is 5.85. The summed E-state index contributed by atoms with van der Waals surface area (Å²) < 4.78 is 12.8. The molecular formula is C17H26FNO. The topological polar surface area (TPSA) is 21.3 Å². The van der Waals surface area contributed by atoms with Crippen molar-refractivity contribution >= 4 is 0 Å². The Hall–Kier alpha value is -1.19. The first-order valence-corrected chi connectivity index (χ1v) is 7.24. The zero-order valence-corrected chi connectivity index (χ0v) is 12.8. The van der Waals surface area contributed by atoms with Crippen LogP contribution >= 0.6 is 0 Å². The van der Waals surface area contributed by atoms with Gasteiger partial charge in [0.15, 0.2) is 0 Å². The fourth-order valence-electron chi connectivity index (χ4n) is 1.94. The zero-order valence-electron chi connectivity index (χ0n) is 12.8. The summed E-state index contributed by atoms with van der Waals surface area (Å²) in [5.41, 5.74) is 3.58. The average molecular weight is 279 g/mol. The normalized spacial score (nSPS) is 14.2. The van der Waals surface area contributed by atoms with Gasteiger partial charge in [-0.25, -0.2) is 4.39 Å². The third kappa shape index (κ3) is 6.31. The van der Waals surface area contributed by atoms with Crippen LogP contribution in [-0.4, -0.2) is 5.60 Å². The van der Waals surface area contributed by atoms with Crippen LogP contribution in [0, 0.1) is 11.7 Å². The van der Waals surface area contributed by atoms with Gasteiger partial charge in [-0.1, -0.05) is 38.5 Å². The lowest BCUT2D eigenvalue weighted by atomic mass is 9.96. The Bertz CT molecular complexity index is 402. The summed E-state index contributed by atoms with van der Waals surface area (Å²) in [7, 11) is 0. The van der Waals surface area contributed by atoms with Gasteiger partial charge in [0.1, 0.15) is 11.4 Å². The number of halogens is 1. The summed E-state index contributed by atoms with van der Waals surface area (Å²) in [4.78, 5) is 5.73. The van der Waals surface area contributed by atoms with Crippen molar-refractivity contribution < 1.29 is 9.23 Å². The average Bonchev–Trinajstić information content (AvgIpc) is 2.41.